The Morgan fingerprint density at radius 1 is 1.03 bits per heavy atom. The summed E-state index contributed by atoms with van der Waals surface area (Å²) in [6.07, 6.45) is 1.38. The van der Waals surface area contributed by atoms with Gasteiger partial charge in [-0.15, -0.1) is 0 Å². The Morgan fingerprint density at radius 2 is 1.59 bits per heavy atom. The molecule has 0 radical (unpaired) electrons. The minimum absolute atomic E-state index is 0.519. The van der Waals surface area contributed by atoms with Gasteiger partial charge >= 0.3 is 12.2 Å². The van der Waals surface area contributed by atoms with Crippen molar-refractivity contribution < 1.29 is 23.9 Å². The van der Waals surface area contributed by atoms with Crippen molar-refractivity contribution in [2.24, 2.45) is 0 Å². The molecule has 0 bridgehead atoms. The van der Waals surface area contributed by atoms with E-state index in [0.717, 1.165) is 4.90 Å². The molecule has 1 aromatic carbocycles. The Balaban J connectivity index is 2.36. The van der Waals surface area contributed by atoms with Gasteiger partial charge in [0, 0.05) is 11.1 Å². The standard InChI is InChI=1S/C21H27ClN2O5/c1-20(2,3)28-18(26)23-17(13-7-9-14(22)10-8-13)15-11-12-16(25)24(15)19(27)29-21(4,5)6/h7-12,15,17H,1-6H3,(H,23,26)/t15-,17-/m1/s1. The van der Waals surface area contributed by atoms with E-state index < -0.39 is 41.4 Å². The van der Waals surface area contributed by atoms with Crippen LogP contribution in [-0.4, -0.2) is 40.2 Å². The van der Waals surface area contributed by atoms with Gasteiger partial charge in [-0.3, -0.25) is 4.79 Å². The largest absolute Gasteiger partial charge is 0.444 e. The van der Waals surface area contributed by atoms with Crippen molar-refractivity contribution in [2.45, 2.75) is 64.8 Å². The predicted octanol–water partition coefficient (Wildman–Crippen LogP) is 4.61. The van der Waals surface area contributed by atoms with Crippen LogP contribution in [0.5, 0.6) is 0 Å². The Morgan fingerprint density at radius 3 is 2.10 bits per heavy atom. The number of halogens is 1. The zero-order valence-corrected chi connectivity index (χ0v) is 18.2. The summed E-state index contributed by atoms with van der Waals surface area (Å²) in [5.74, 6) is -0.519. The molecular formula is C21H27ClN2O5. The number of nitrogens with one attached hydrogen (secondary N) is 1. The van der Waals surface area contributed by atoms with Gasteiger partial charge < -0.3 is 14.8 Å². The maximum Gasteiger partial charge on any atom is 0.417 e. The van der Waals surface area contributed by atoms with E-state index in [1.807, 2.05) is 0 Å². The molecular weight excluding hydrogens is 396 g/mol. The molecule has 0 fully saturated rings. The van der Waals surface area contributed by atoms with Crippen LogP contribution in [-0.2, 0) is 14.3 Å². The fraction of sp³-hybridized carbons (Fsp3) is 0.476. The molecule has 158 valence electrons. The Labute approximate surface area is 176 Å². The van der Waals surface area contributed by atoms with Crippen molar-refractivity contribution in [3.05, 3.63) is 47.0 Å². The molecule has 0 saturated carbocycles. The molecule has 2 rings (SSSR count). The molecule has 3 amide bonds. The number of carbonyl (C=O) groups excluding carboxylic acids is 3. The lowest BCUT2D eigenvalue weighted by molar-refractivity contribution is -0.125. The normalized spacial score (nSPS) is 17.8. The number of alkyl carbamates (subject to hydrolysis) is 1. The van der Waals surface area contributed by atoms with Crippen molar-refractivity contribution in [1.29, 1.82) is 0 Å². The molecule has 8 heteroatoms. The highest BCUT2D eigenvalue weighted by atomic mass is 35.5. The van der Waals surface area contributed by atoms with Crippen molar-refractivity contribution in [3.8, 4) is 0 Å². The van der Waals surface area contributed by atoms with Gasteiger partial charge in [0.1, 0.15) is 11.2 Å². The molecule has 0 unspecified atom stereocenters. The quantitative estimate of drug-likeness (QED) is 0.768. The van der Waals surface area contributed by atoms with Crippen LogP contribution in [0, 0.1) is 0 Å². The van der Waals surface area contributed by atoms with Crippen molar-refractivity contribution in [3.63, 3.8) is 0 Å². The summed E-state index contributed by atoms with van der Waals surface area (Å²) < 4.78 is 10.7. The molecule has 1 N–H and O–H groups in total. The number of rotatable bonds is 3. The van der Waals surface area contributed by atoms with E-state index in [4.69, 9.17) is 21.1 Å². The molecule has 0 saturated heterocycles. The molecule has 1 heterocycles. The Kier molecular flexibility index (Phi) is 6.63. The zero-order valence-electron chi connectivity index (χ0n) is 17.5. The van der Waals surface area contributed by atoms with Crippen molar-refractivity contribution in [2.75, 3.05) is 0 Å². The molecule has 0 aliphatic carbocycles. The van der Waals surface area contributed by atoms with E-state index >= 15 is 0 Å². The molecule has 0 aromatic heterocycles. The third kappa shape index (κ3) is 6.49. The van der Waals surface area contributed by atoms with Crippen molar-refractivity contribution >= 4 is 29.7 Å². The highest BCUT2D eigenvalue weighted by molar-refractivity contribution is 6.30. The van der Waals surface area contributed by atoms with Gasteiger partial charge in [-0.25, -0.2) is 14.5 Å². The average molecular weight is 423 g/mol. The fourth-order valence-electron chi connectivity index (χ4n) is 2.75. The minimum atomic E-state index is -0.789. The highest BCUT2D eigenvalue weighted by Crippen LogP contribution is 2.29. The summed E-state index contributed by atoms with van der Waals surface area (Å²) in [5, 5.41) is 3.28. The van der Waals surface area contributed by atoms with Crippen LogP contribution in [0.25, 0.3) is 0 Å². The van der Waals surface area contributed by atoms with E-state index in [0.29, 0.717) is 10.6 Å². The maximum atomic E-state index is 12.7. The van der Waals surface area contributed by atoms with Crippen LogP contribution in [0.4, 0.5) is 9.59 Å². The van der Waals surface area contributed by atoms with Gasteiger partial charge in [0.25, 0.3) is 5.91 Å². The van der Waals surface area contributed by atoms with Gasteiger partial charge in [-0.05, 0) is 59.2 Å². The first-order valence-corrected chi connectivity index (χ1v) is 9.64. The predicted molar refractivity (Wildman–Crippen MR) is 110 cm³/mol. The molecule has 2 atom stereocenters. The van der Waals surface area contributed by atoms with Crippen LogP contribution < -0.4 is 5.32 Å². The number of amides is 3. The Bertz CT molecular complexity index is 806. The molecule has 1 aliphatic rings. The Hall–Kier alpha value is -2.54. The van der Waals surface area contributed by atoms with E-state index in [9.17, 15) is 14.4 Å². The topological polar surface area (TPSA) is 84.9 Å². The highest BCUT2D eigenvalue weighted by Gasteiger charge is 2.41. The van der Waals surface area contributed by atoms with Gasteiger partial charge in [0.05, 0.1) is 12.1 Å². The summed E-state index contributed by atoms with van der Waals surface area (Å²) in [5.41, 5.74) is -0.835. The first kappa shape index (κ1) is 22.7. The first-order valence-electron chi connectivity index (χ1n) is 9.26. The zero-order chi connectivity index (χ0) is 22.0. The molecule has 0 spiro atoms. The summed E-state index contributed by atoms with van der Waals surface area (Å²) in [6.45, 7) is 10.4. The summed E-state index contributed by atoms with van der Waals surface area (Å²) >= 11 is 5.98. The second-order valence-corrected chi connectivity index (χ2v) is 9.15. The summed E-state index contributed by atoms with van der Waals surface area (Å²) in [7, 11) is 0. The second-order valence-electron chi connectivity index (χ2n) is 8.71. The van der Waals surface area contributed by atoms with E-state index in [1.54, 1.807) is 71.9 Å². The van der Waals surface area contributed by atoms with Crippen LogP contribution in [0.2, 0.25) is 5.02 Å². The van der Waals surface area contributed by atoms with Crippen LogP contribution in [0.1, 0.15) is 53.1 Å². The number of benzene rings is 1. The lowest BCUT2D eigenvalue weighted by Gasteiger charge is -2.33. The number of ether oxygens (including phenoxy) is 2. The third-order valence-corrected chi connectivity index (χ3v) is 4.06. The molecule has 1 aliphatic heterocycles. The van der Waals surface area contributed by atoms with E-state index in [1.165, 1.54) is 6.08 Å². The minimum Gasteiger partial charge on any atom is -0.444 e. The van der Waals surface area contributed by atoms with Gasteiger partial charge in [0.2, 0.25) is 0 Å². The molecule has 7 nitrogen and oxygen atoms in total. The summed E-state index contributed by atoms with van der Waals surface area (Å²) in [4.78, 5) is 38.5. The number of hydrogen-bond donors (Lipinski definition) is 1. The number of nitrogens with zero attached hydrogens (tertiary/aromatic N) is 1. The summed E-state index contributed by atoms with van der Waals surface area (Å²) in [6, 6.07) is 5.23. The molecule has 29 heavy (non-hydrogen) atoms. The third-order valence-electron chi connectivity index (χ3n) is 3.80. The lowest BCUT2D eigenvalue weighted by atomic mass is 9.99. The maximum absolute atomic E-state index is 12.7. The van der Waals surface area contributed by atoms with Gasteiger partial charge in [-0.2, -0.15) is 0 Å². The number of hydrogen-bond acceptors (Lipinski definition) is 5. The first-order chi connectivity index (χ1) is 13.3. The second kappa shape index (κ2) is 8.45. The van der Waals surface area contributed by atoms with Crippen LogP contribution >= 0.6 is 11.6 Å². The molecule has 1 aromatic rings. The number of imide groups is 1. The van der Waals surface area contributed by atoms with Gasteiger partial charge in [-0.1, -0.05) is 29.8 Å². The van der Waals surface area contributed by atoms with Crippen LogP contribution in [0.3, 0.4) is 0 Å². The van der Waals surface area contributed by atoms with Crippen molar-refractivity contribution in [1.82, 2.24) is 10.2 Å². The van der Waals surface area contributed by atoms with E-state index in [-0.39, 0.29) is 0 Å². The van der Waals surface area contributed by atoms with E-state index in [2.05, 4.69) is 5.32 Å². The van der Waals surface area contributed by atoms with Gasteiger partial charge in [0.15, 0.2) is 0 Å². The average Bonchev–Trinajstić information content (AvgIpc) is 2.92. The lowest BCUT2D eigenvalue weighted by Crippen LogP contribution is -2.49. The fourth-order valence-corrected chi connectivity index (χ4v) is 2.87. The van der Waals surface area contributed by atoms with Crippen LogP contribution in [0.15, 0.2) is 36.4 Å². The smallest absolute Gasteiger partial charge is 0.417 e. The number of carbonyl (C=O) groups is 3. The monoisotopic (exact) mass is 422 g/mol. The SMILES string of the molecule is CC(C)(C)OC(=O)N[C@H](c1ccc(Cl)cc1)[C@H]1C=CC(=O)N1C(=O)OC(C)(C)C.